The van der Waals surface area contributed by atoms with Gasteiger partial charge >= 0.3 is 6.03 Å². The van der Waals surface area contributed by atoms with E-state index in [2.05, 4.69) is 10.2 Å². The highest BCUT2D eigenvalue weighted by molar-refractivity contribution is 7.94. The molecule has 0 spiro atoms. The zero-order valence-electron chi connectivity index (χ0n) is 17.8. The summed E-state index contributed by atoms with van der Waals surface area (Å²) in [5, 5.41) is 3.75. The van der Waals surface area contributed by atoms with Crippen LogP contribution >= 0.6 is 23.4 Å². The third-order valence-corrected chi connectivity index (χ3v) is 8.12. The molecule has 1 aliphatic heterocycles. The maximum absolute atomic E-state index is 14.9. The molecule has 0 aliphatic carbocycles. The van der Waals surface area contributed by atoms with Crippen LogP contribution in [-0.2, 0) is 30.5 Å². The van der Waals surface area contributed by atoms with Crippen LogP contribution in [0.15, 0.2) is 63.0 Å². The largest absolute Gasteiger partial charge is 0.333 e. The molecule has 4 amide bonds. The van der Waals surface area contributed by atoms with E-state index < -0.39 is 33.7 Å². The van der Waals surface area contributed by atoms with E-state index in [1.54, 1.807) is 12.1 Å². The molecule has 35 heavy (non-hydrogen) atoms. The quantitative estimate of drug-likeness (QED) is 0.202. The van der Waals surface area contributed by atoms with Gasteiger partial charge in [0, 0.05) is 16.1 Å². The summed E-state index contributed by atoms with van der Waals surface area (Å²) in [5.41, 5.74) is 0.293. The maximum atomic E-state index is 14.9. The minimum Gasteiger partial charge on any atom is -0.307 e. The van der Waals surface area contributed by atoms with Gasteiger partial charge in [-0.2, -0.15) is 4.33 Å². The van der Waals surface area contributed by atoms with Gasteiger partial charge < -0.3 is 5.32 Å². The highest BCUT2D eigenvalue weighted by atomic mass is 32.2. The summed E-state index contributed by atoms with van der Waals surface area (Å²) in [4.78, 5) is 43.6. The first-order valence-corrected chi connectivity index (χ1v) is 12.8. The standard InChI is InChI=1S/C21H16FN3O7S3/c1-31-32-34-14-6-4-12-9-18(26)25(20(27)15(12)11-14)17-7-5-13(10-16(17)22)23-21(28)24-35(29,30)19-3-2-8-33-19/h2-8,10-11H,9H2,1H3,(H2,23,24,28). The number of sulfonamides is 1. The van der Waals surface area contributed by atoms with Gasteiger partial charge in [0.1, 0.15) is 10.0 Å². The fourth-order valence-corrected chi connectivity index (χ4v) is 5.60. The van der Waals surface area contributed by atoms with Crippen LogP contribution in [0.1, 0.15) is 15.9 Å². The summed E-state index contributed by atoms with van der Waals surface area (Å²) in [6.45, 7) is 0. The van der Waals surface area contributed by atoms with Crippen molar-refractivity contribution in [3.8, 4) is 0 Å². The van der Waals surface area contributed by atoms with Crippen LogP contribution in [0.2, 0.25) is 0 Å². The molecule has 0 unspecified atom stereocenters. The Morgan fingerprint density at radius 1 is 1.17 bits per heavy atom. The number of hydrogen-bond donors (Lipinski definition) is 2. The molecule has 182 valence electrons. The monoisotopic (exact) mass is 537 g/mol. The molecule has 0 radical (unpaired) electrons. The normalized spacial score (nSPS) is 13.5. The van der Waals surface area contributed by atoms with Crippen LogP contribution in [0.5, 0.6) is 0 Å². The van der Waals surface area contributed by atoms with Gasteiger partial charge in [0.2, 0.25) is 5.91 Å². The van der Waals surface area contributed by atoms with Crippen LogP contribution in [0.25, 0.3) is 0 Å². The van der Waals surface area contributed by atoms with E-state index in [-0.39, 0.29) is 27.6 Å². The average molecular weight is 538 g/mol. The molecule has 0 fully saturated rings. The van der Waals surface area contributed by atoms with Crippen molar-refractivity contribution < 1.29 is 36.4 Å². The summed E-state index contributed by atoms with van der Waals surface area (Å²) in [6.07, 6.45) is -0.125. The van der Waals surface area contributed by atoms with Crippen LogP contribution in [0.3, 0.4) is 0 Å². The number of nitrogens with one attached hydrogen (secondary N) is 2. The molecule has 2 aromatic carbocycles. The van der Waals surface area contributed by atoms with Gasteiger partial charge in [0.15, 0.2) is 0 Å². The Hall–Kier alpha value is -3.30. The molecular weight excluding hydrogens is 521 g/mol. The molecule has 14 heteroatoms. The van der Waals surface area contributed by atoms with Gasteiger partial charge in [-0.15, -0.1) is 11.3 Å². The molecule has 3 aromatic rings. The Morgan fingerprint density at radius 2 is 1.97 bits per heavy atom. The Bertz CT molecular complexity index is 1410. The Balaban J connectivity index is 1.53. The number of benzene rings is 2. The smallest absolute Gasteiger partial charge is 0.307 e. The van der Waals surface area contributed by atoms with Crippen molar-refractivity contribution in [3.05, 3.63) is 70.9 Å². The number of nitrogens with zero attached hydrogens (tertiary/aromatic N) is 1. The molecule has 2 N–H and O–H groups in total. The number of halogens is 1. The van der Waals surface area contributed by atoms with Crippen molar-refractivity contribution in [3.63, 3.8) is 0 Å². The zero-order chi connectivity index (χ0) is 25.2. The van der Waals surface area contributed by atoms with Crippen LogP contribution in [0, 0.1) is 5.82 Å². The zero-order valence-corrected chi connectivity index (χ0v) is 20.3. The lowest BCUT2D eigenvalue weighted by Gasteiger charge is -2.27. The number of anilines is 2. The highest BCUT2D eigenvalue weighted by Crippen LogP contribution is 2.31. The number of fused-ring (bicyclic) bond motifs is 1. The number of carbonyl (C=O) groups excluding carboxylic acids is 3. The average Bonchev–Trinajstić information content (AvgIpc) is 3.35. The number of urea groups is 1. The minimum absolute atomic E-state index is 0.0630. The molecule has 10 nitrogen and oxygen atoms in total. The predicted molar refractivity (Wildman–Crippen MR) is 126 cm³/mol. The topological polar surface area (TPSA) is 131 Å². The second-order valence-electron chi connectivity index (χ2n) is 7.01. The first-order valence-electron chi connectivity index (χ1n) is 9.74. The highest BCUT2D eigenvalue weighted by Gasteiger charge is 2.34. The van der Waals surface area contributed by atoms with E-state index in [1.165, 1.54) is 36.8 Å². The van der Waals surface area contributed by atoms with Crippen molar-refractivity contribution >= 4 is 62.6 Å². The number of rotatable bonds is 7. The lowest BCUT2D eigenvalue weighted by molar-refractivity contribution is -0.160. The van der Waals surface area contributed by atoms with Gasteiger partial charge in [-0.05, 0) is 47.3 Å². The summed E-state index contributed by atoms with van der Waals surface area (Å²) in [5.74, 6) is -2.33. The molecule has 0 atom stereocenters. The Kier molecular flexibility index (Phi) is 7.18. The van der Waals surface area contributed by atoms with Crippen molar-refractivity contribution in [1.82, 2.24) is 4.72 Å². The van der Waals surface area contributed by atoms with E-state index >= 15 is 0 Å². The maximum Gasteiger partial charge on any atom is 0.333 e. The summed E-state index contributed by atoms with van der Waals surface area (Å²) < 4.78 is 45.8. The Morgan fingerprint density at radius 3 is 2.66 bits per heavy atom. The summed E-state index contributed by atoms with van der Waals surface area (Å²) >= 11 is 1.79. The molecule has 0 bridgehead atoms. The molecule has 2 heterocycles. The lowest BCUT2D eigenvalue weighted by Crippen LogP contribution is -2.43. The van der Waals surface area contributed by atoms with E-state index in [0.29, 0.717) is 15.4 Å². The summed E-state index contributed by atoms with van der Waals surface area (Å²) in [6, 6.07) is 9.77. The third kappa shape index (κ3) is 5.36. The molecule has 4 rings (SSSR count). The van der Waals surface area contributed by atoms with E-state index in [4.69, 9.17) is 4.33 Å². The number of imide groups is 1. The molecule has 0 saturated carbocycles. The number of amides is 4. The van der Waals surface area contributed by atoms with Gasteiger partial charge in [-0.25, -0.2) is 32.1 Å². The number of thiophene rings is 1. The minimum atomic E-state index is -4.08. The van der Waals surface area contributed by atoms with Gasteiger partial charge in [-0.1, -0.05) is 12.1 Å². The predicted octanol–water partition coefficient (Wildman–Crippen LogP) is 3.71. The SMILES string of the molecule is COOSc1ccc2c(c1)C(=O)N(c1ccc(NC(=O)NS(=O)(=O)c3cccs3)cc1F)C(=O)C2. The second-order valence-corrected chi connectivity index (χ2v) is 10.6. The number of carbonyl (C=O) groups is 3. The van der Waals surface area contributed by atoms with Crippen LogP contribution in [-0.4, -0.2) is 33.4 Å². The fourth-order valence-electron chi connectivity index (χ4n) is 3.26. The van der Waals surface area contributed by atoms with Crippen LogP contribution in [0.4, 0.5) is 20.6 Å². The molecule has 1 aromatic heterocycles. The van der Waals surface area contributed by atoms with Crippen molar-refractivity contribution in [2.45, 2.75) is 15.5 Å². The van der Waals surface area contributed by atoms with Gasteiger partial charge in [0.05, 0.1) is 31.3 Å². The lowest BCUT2D eigenvalue weighted by atomic mass is 9.98. The first kappa shape index (κ1) is 24.8. The van der Waals surface area contributed by atoms with E-state index in [9.17, 15) is 27.2 Å². The third-order valence-electron chi connectivity index (χ3n) is 4.74. The molecule has 0 saturated heterocycles. The van der Waals surface area contributed by atoms with Crippen molar-refractivity contribution in [2.75, 3.05) is 17.3 Å². The first-order chi connectivity index (χ1) is 16.7. The fraction of sp³-hybridized carbons (Fsp3) is 0.0952. The van der Waals surface area contributed by atoms with Crippen molar-refractivity contribution in [2.24, 2.45) is 0 Å². The Labute approximate surface area is 207 Å². The van der Waals surface area contributed by atoms with Gasteiger partial charge in [0.25, 0.3) is 15.9 Å². The van der Waals surface area contributed by atoms with E-state index in [0.717, 1.165) is 35.5 Å². The van der Waals surface area contributed by atoms with Crippen LogP contribution < -0.4 is 14.9 Å². The molecular formula is C21H16FN3O7S3. The van der Waals surface area contributed by atoms with Crippen molar-refractivity contribution in [1.29, 1.82) is 0 Å². The van der Waals surface area contributed by atoms with E-state index in [1.807, 2.05) is 4.72 Å². The van der Waals surface area contributed by atoms with Gasteiger partial charge in [-0.3, -0.25) is 9.59 Å². The number of hydrogen-bond acceptors (Lipinski definition) is 9. The second kappa shape index (κ2) is 10.1. The molecule has 1 aliphatic rings. The summed E-state index contributed by atoms with van der Waals surface area (Å²) in [7, 11) is -2.75.